The van der Waals surface area contributed by atoms with Crippen LogP contribution in [0.1, 0.15) is 5.56 Å². The molecule has 1 aromatic heterocycles. The number of aromatic nitrogens is 1. The van der Waals surface area contributed by atoms with Gasteiger partial charge in [-0.05, 0) is 17.7 Å². The van der Waals surface area contributed by atoms with Crippen molar-refractivity contribution in [2.45, 2.75) is 6.54 Å². The second kappa shape index (κ2) is 9.21. The predicted octanol–water partition coefficient (Wildman–Crippen LogP) is 5.56. The van der Waals surface area contributed by atoms with E-state index in [2.05, 4.69) is 47.3 Å². The number of non-ortho nitro benzene ring substituents is 1. The molecule has 0 aliphatic rings. The van der Waals surface area contributed by atoms with E-state index in [4.69, 9.17) is 0 Å². The number of benzene rings is 2. The van der Waals surface area contributed by atoms with E-state index in [9.17, 15) is 10.1 Å². The molecular weight excluding hydrogens is 370 g/mol. The van der Waals surface area contributed by atoms with Crippen LogP contribution in [-0.2, 0) is 6.54 Å². The molecule has 0 amide bonds. The first kappa shape index (κ1) is 19.7. The first-order valence-corrected chi connectivity index (χ1v) is 9.72. The number of nitro groups is 1. The molecule has 0 saturated heterocycles. The van der Waals surface area contributed by atoms with E-state index in [-0.39, 0.29) is 5.69 Å². The van der Waals surface area contributed by atoms with Crippen molar-refractivity contribution in [3.63, 3.8) is 0 Å². The van der Waals surface area contributed by atoms with Gasteiger partial charge in [-0.3, -0.25) is 15.0 Å². The Morgan fingerprint density at radius 1 is 1.00 bits per heavy atom. The van der Waals surface area contributed by atoms with Gasteiger partial charge in [-0.15, -0.1) is 24.5 Å². The molecule has 5 nitrogen and oxygen atoms in total. The smallest absolute Gasteiger partial charge is 0.269 e. The molecule has 142 valence electrons. The third kappa shape index (κ3) is 4.79. The molecule has 0 unspecified atom stereocenters. The van der Waals surface area contributed by atoms with Crippen molar-refractivity contribution in [3.8, 4) is 21.8 Å². The van der Waals surface area contributed by atoms with Gasteiger partial charge in [0.25, 0.3) is 5.69 Å². The zero-order valence-electron chi connectivity index (χ0n) is 15.5. The van der Waals surface area contributed by atoms with Crippen LogP contribution in [0.4, 0.5) is 5.69 Å². The second-order valence-corrected chi connectivity index (χ2v) is 7.17. The minimum atomic E-state index is -0.399. The molecule has 0 aliphatic carbocycles. The van der Waals surface area contributed by atoms with E-state index in [1.807, 2.05) is 17.5 Å². The monoisotopic (exact) mass is 391 g/mol. The molecule has 0 saturated carbocycles. The number of nitro benzene ring substituents is 1. The van der Waals surface area contributed by atoms with Crippen molar-refractivity contribution in [3.05, 3.63) is 94.9 Å². The third-order valence-corrected chi connectivity index (χ3v) is 5.15. The van der Waals surface area contributed by atoms with Gasteiger partial charge in [0.1, 0.15) is 5.01 Å². The molecule has 1 heterocycles. The summed E-state index contributed by atoms with van der Waals surface area (Å²) in [6, 6.07) is 14.8. The van der Waals surface area contributed by atoms with Crippen LogP contribution in [0, 0.1) is 10.1 Å². The first-order valence-electron chi connectivity index (χ1n) is 8.84. The fraction of sp³-hybridized carbons (Fsp3) is 0.136. The lowest BCUT2D eigenvalue weighted by atomic mass is 10.1. The van der Waals surface area contributed by atoms with Crippen LogP contribution in [0.25, 0.3) is 21.8 Å². The lowest BCUT2D eigenvalue weighted by Crippen LogP contribution is -2.23. The summed E-state index contributed by atoms with van der Waals surface area (Å²) in [4.78, 5) is 17.3. The van der Waals surface area contributed by atoms with E-state index in [1.54, 1.807) is 12.1 Å². The van der Waals surface area contributed by atoms with Gasteiger partial charge in [-0.2, -0.15) is 0 Å². The van der Waals surface area contributed by atoms with Gasteiger partial charge in [0, 0.05) is 48.3 Å². The molecule has 0 bridgehead atoms. The summed E-state index contributed by atoms with van der Waals surface area (Å²) >= 11 is 1.53. The van der Waals surface area contributed by atoms with Gasteiger partial charge < -0.3 is 0 Å². The maximum atomic E-state index is 10.8. The van der Waals surface area contributed by atoms with Crippen LogP contribution in [0.5, 0.6) is 0 Å². The summed E-state index contributed by atoms with van der Waals surface area (Å²) in [6.07, 6.45) is 3.79. The Bertz CT molecular complexity index is 952. The zero-order valence-corrected chi connectivity index (χ0v) is 16.3. The van der Waals surface area contributed by atoms with Gasteiger partial charge in [-0.1, -0.05) is 36.4 Å². The fourth-order valence-corrected chi connectivity index (χ4v) is 3.71. The Morgan fingerprint density at radius 3 is 2.18 bits per heavy atom. The lowest BCUT2D eigenvalue weighted by Gasteiger charge is -2.18. The van der Waals surface area contributed by atoms with E-state index >= 15 is 0 Å². The highest BCUT2D eigenvalue weighted by atomic mass is 32.1. The fourth-order valence-electron chi connectivity index (χ4n) is 2.87. The van der Waals surface area contributed by atoms with Crippen molar-refractivity contribution in [1.29, 1.82) is 0 Å². The Labute approximate surface area is 168 Å². The topological polar surface area (TPSA) is 59.3 Å². The van der Waals surface area contributed by atoms with Crippen molar-refractivity contribution < 1.29 is 4.92 Å². The van der Waals surface area contributed by atoms with Crippen LogP contribution in [0.2, 0.25) is 0 Å². The zero-order chi connectivity index (χ0) is 19.9. The molecular formula is C22H21N3O2S. The van der Waals surface area contributed by atoms with E-state index in [0.717, 1.165) is 41.5 Å². The second-order valence-electron chi connectivity index (χ2n) is 6.31. The molecule has 0 atom stereocenters. The summed E-state index contributed by atoms with van der Waals surface area (Å²) in [6.45, 7) is 10.1. The van der Waals surface area contributed by atoms with E-state index in [1.165, 1.54) is 29.0 Å². The highest BCUT2D eigenvalue weighted by molar-refractivity contribution is 7.13. The van der Waals surface area contributed by atoms with Crippen LogP contribution < -0.4 is 0 Å². The van der Waals surface area contributed by atoms with Crippen molar-refractivity contribution in [2.75, 3.05) is 13.1 Å². The number of thiazole rings is 1. The van der Waals surface area contributed by atoms with Crippen LogP contribution >= 0.6 is 11.3 Å². The Morgan fingerprint density at radius 2 is 1.61 bits per heavy atom. The highest BCUT2D eigenvalue weighted by Crippen LogP contribution is 2.30. The van der Waals surface area contributed by atoms with E-state index < -0.39 is 4.92 Å². The largest absolute Gasteiger partial charge is 0.292 e. The van der Waals surface area contributed by atoms with Crippen LogP contribution in [0.3, 0.4) is 0 Å². The van der Waals surface area contributed by atoms with Gasteiger partial charge in [-0.25, -0.2) is 4.98 Å². The van der Waals surface area contributed by atoms with Gasteiger partial charge >= 0.3 is 0 Å². The van der Waals surface area contributed by atoms with E-state index in [0.29, 0.717) is 0 Å². The summed E-state index contributed by atoms with van der Waals surface area (Å²) < 4.78 is 0. The molecule has 3 rings (SSSR count). The minimum Gasteiger partial charge on any atom is -0.292 e. The molecule has 0 spiro atoms. The Hall–Kier alpha value is -3.09. The number of nitrogens with zero attached hydrogens (tertiary/aromatic N) is 3. The SMILES string of the molecule is C=CCN(CC=C)Cc1ccc(-c2csc(-c3ccc([N+](=O)[O-])cc3)n2)cc1. The third-order valence-electron chi connectivity index (χ3n) is 4.26. The van der Waals surface area contributed by atoms with Crippen molar-refractivity contribution >= 4 is 17.0 Å². The summed E-state index contributed by atoms with van der Waals surface area (Å²) in [5.41, 5.74) is 4.13. The van der Waals surface area contributed by atoms with Gasteiger partial charge in [0.05, 0.1) is 10.6 Å². The Balaban J connectivity index is 1.73. The van der Waals surface area contributed by atoms with Crippen LogP contribution in [-0.4, -0.2) is 27.9 Å². The van der Waals surface area contributed by atoms with Gasteiger partial charge in [0.15, 0.2) is 0 Å². The van der Waals surface area contributed by atoms with Crippen molar-refractivity contribution in [1.82, 2.24) is 9.88 Å². The molecule has 0 N–H and O–H groups in total. The number of hydrogen-bond acceptors (Lipinski definition) is 5. The molecule has 6 heteroatoms. The van der Waals surface area contributed by atoms with Crippen molar-refractivity contribution in [2.24, 2.45) is 0 Å². The average molecular weight is 391 g/mol. The maximum absolute atomic E-state index is 10.8. The number of hydrogen-bond donors (Lipinski definition) is 0. The summed E-state index contributed by atoms with van der Waals surface area (Å²) in [7, 11) is 0. The molecule has 0 radical (unpaired) electrons. The highest BCUT2D eigenvalue weighted by Gasteiger charge is 2.10. The summed E-state index contributed by atoms with van der Waals surface area (Å²) in [5.74, 6) is 0. The Kier molecular flexibility index (Phi) is 6.47. The minimum absolute atomic E-state index is 0.0815. The predicted molar refractivity (Wildman–Crippen MR) is 115 cm³/mol. The average Bonchev–Trinajstić information content (AvgIpc) is 3.19. The quantitative estimate of drug-likeness (QED) is 0.272. The molecule has 28 heavy (non-hydrogen) atoms. The molecule has 2 aromatic carbocycles. The first-order chi connectivity index (χ1) is 13.6. The van der Waals surface area contributed by atoms with Crippen LogP contribution in [0.15, 0.2) is 79.2 Å². The lowest BCUT2D eigenvalue weighted by molar-refractivity contribution is -0.384. The molecule has 0 fully saturated rings. The standard InChI is InChI=1S/C22H21N3O2S/c1-3-13-24(14-4-2)15-17-5-7-18(8-6-17)21-16-28-22(23-21)19-9-11-20(12-10-19)25(26)27/h3-12,16H,1-2,13-15H2. The molecule has 3 aromatic rings. The molecule has 0 aliphatic heterocycles. The maximum Gasteiger partial charge on any atom is 0.269 e. The summed E-state index contributed by atoms with van der Waals surface area (Å²) in [5, 5.41) is 13.6. The number of rotatable bonds is 9. The normalized spacial score (nSPS) is 10.8. The van der Waals surface area contributed by atoms with Gasteiger partial charge in [0.2, 0.25) is 0 Å².